The molecule has 0 saturated heterocycles. The molecule has 18 heavy (non-hydrogen) atoms. The second kappa shape index (κ2) is 7.61. The summed E-state index contributed by atoms with van der Waals surface area (Å²) in [7, 11) is 0. The number of hydrogen-bond donors (Lipinski definition) is 2. The summed E-state index contributed by atoms with van der Waals surface area (Å²) in [5, 5.41) is 14.7. The van der Waals surface area contributed by atoms with Crippen LogP contribution in [0, 0.1) is 0 Å². The average Bonchev–Trinajstić information content (AvgIpc) is 2.84. The molecule has 0 unspecified atom stereocenters. The second-order valence-corrected chi connectivity index (χ2v) is 6.27. The van der Waals surface area contributed by atoms with E-state index in [0.717, 1.165) is 10.6 Å². The first kappa shape index (κ1) is 15.3. The lowest BCUT2D eigenvalue weighted by Gasteiger charge is -2.22. The van der Waals surface area contributed by atoms with Crippen molar-refractivity contribution in [2.45, 2.75) is 18.9 Å². The van der Waals surface area contributed by atoms with Crippen LogP contribution in [0.3, 0.4) is 0 Å². The second-order valence-electron chi connectivity index (χ2n) is 4.31. The fourth-order valence-electron chi connectivity index (χ4n) is 1.29. The number of nitrogens with one attached hydrogen (secondary N) is 1. The maximum Gasteiger partial charge on any atom is 0.244 e. The van der Waals surface area contributed by atoms with Gasteiger partial charge in [0.25, 0.3) is 0 Å². The van der Waals surface area contributed by atoms with Crippen molar-refractivity contribution >= 4 is 35.1 Å². The predicted octanol–water partition coefficient (Wildman–Crippen LogP) is 2.38. The van der Waals surface area contributed by atoms with Gasteiger partial charge in [0.1, 0.15) is 0 Å². The van der Waals surface area contributed by atoms with E-state index in [1.807, 2.05) is 23.8 Å². The molecule has 1 aromatic heterocycles. The number of hydrogen-bond acceptors (Lipinski definition) is 4. The molecule has 0 aliphatic carbocycles. The first-order valence-corrected chi connectivity index (χ1v) is 8.01. The minimum Gasteiger partial charge on any atom is -0.388 e. The Hall–Kier alpha value is -0.780. The van der Waals surface area contributed by atoms with Gasteiger partial charge in [-0.2, -0.15) is 11.8 Å². The number of rotatable bonds is 7. The average molecular weight is 285 g/mol. The molecular formula is C13H19NO2S2. The van der Waals surface area contributed by atoms with Crippen LogP contribution in [0.1, 0.15) is 18.2 Å². The summed E-state index contributed by atoms with van der Waals surface area (Å²) in [6.45, 7) is 2.02. The Kier molecular flexibility index (Phi) is 6.46. The molecule has 0 aliphatic rings. The fraction of sp³-hybridized carbons (Fsp3) is 0.462. The highest BCUT2D eigenvalue weighted by Gasteiger charge is 2.19. The Morgan fingerprint density at radius 1 is 1.67 bits per heavy atom. The maximum atomic E-state index is 11.5. The van der Waals surface area contributed by atoms with Crippen LogP contribution in [0.5, 0.6) is 0 Å². The molecule has 1 atom stereocenters. The standard InChI is InChI=1S/C13H19NO2S2/c1-13(16,7-9-17-2)10-14-12(15)6-5-11-4-3-8-18-11/h3-6,8,16H,7,9-10H2,1-2H3,(H,14,15)/b6-5+/t13-/m1/s1. The summed E-state index contributed by atoms with van der Waals surface area (Å²) in [6.07, 6.45) is 5.94. The molecule has 0 aliphatic heterocycles. The van der Waals surface area contributed by atoms with Gasteiger partial charge in [-0.05, 0) is 42.9 Å². The lowest BCUT2D eigenvalue weighted by atomic mass is 10.0. The van der Waals surface area contributed by atoms with Crippen LogP contribution in [0.15, 0.2) is 23.6 Å². The SMILES string of the molecule is CSCC[C@@](C)(O)CNC(=O)/C=C/c1cccs1. The molecule has 2 N–H and O–H groups in total. The van der Waals surface area contributed by atoms with Gasteiger partial charge < -0.3 is 10.4 Å². The molecule has 0 radical (unpaired) electrons. The van der Waals surface area contributed by atoms with Crippen LogP contribution in [0.25, 0.3) is 6.08 Å². The van der Waals surface area contributed by atoms with Crippen LogP contribution in [-0.4, -0.2) is 35.2 Å². The molecule has 1 aromatic rings. The molecule has 0 saturated carbocycles. The molecular weight excluding hydrogens is 266 g/mol. The lowest BCUT2D eigenvalue weighted by molar-refractivity contribution is -0.117. The normalized spacial score (nSPS) is 14.6. The Bertz CT molecular complexity index is 386. The van der Waals surface area contributed by atoms with Crippen molar-refractivity contribution in [3.8, 4) is 0 Å². The Balaban J connectivity index is 2.32. The molecule has 100 valence electrons. The van der Waals surface area contributed by atoms with Gasteiger partial charge in [0, 0.05) is 17.5 Å². The largest absolute Gasteiger partial charge is 0.388 e. The van der Waals surface area contributed by atoms with Crippen LogP contribution in [-0.2, 0) is 4.79 Å². The van der Waals surface area contributed by atoms with Crippen molar-refractivity contribution in [2.24, 2.45) is 0 Å². The quantitative estimate of drug-likeness (QED) is 0.756. The van der Waals surface area contributed by atoms with E-state index >= 15 is 0 Å². The van der Waals surface area contributed by atoms with Crippen LogP contribution >= 0.6 is 23.1 Å². The summed E-state index contributed by atoms with van der Waals surface area (Å²) in [6, 6.07) is 3.89. The summed E-state index contributed by atoms with van der Waals surface area (Å²) >= 11 is 3.27. The first-order chi connectivity index (χ1) is 8.53. The molecule has 0 fully saturated rings. The van der Waals surface area contributed by atoms with Crippen molar-refractivity contribution < 1.29 is 9.90 Å². The summed E-state index contributed by atoms with van der Waals surface area (Å²) in [5.41, 5.74) is -0.838. The van der Waals surface area contributed by atoms with Gasteiger partial charge in [-0.1, -0.05) is 6.07 Å². The van der Waals surface area contributed by atoms with E-state index in [9.17, 15) is 9.90 Å². The highest BCUT2D eigenvalue weighted by Crippen LogP contribution is 2.12. The van der Waals surface area contributed by atoms with Gasteiger partial charge in [0.15, 0.2) is 0 Å². The third kappa shape index (κ3) is 6.23. The van der Waals surface area contributed by atoms with E-state index in [2.05, 4.69) is 5.32 Å². The highest BCUT2D eigenvalue weighted by atomic mass is 32.2. The monoisotopic (exact) mass is 285 g/mol. The zero-order valence-corrected chi connectivity index (χ0v) is 12.3. The van der Waals surface area contributed by atoms with Crippen molar-refractivity contribution in [1.82, 2.24) is 5.32 Å². The topological polar surface area (TPSA) is 49.3 Å². The van der Waals surface area contributed by atoms with E-state index in [-0.39, 0.29) is 12.5 Å². The number of carbonyl (C=O) groups excluding carboxylic acids is 1. The Morgan fingerprint density at radius 2 is 2.44 bits per heavy atom. The number of thioether (sulfide) groups is 1. The fourth-order valence-corrected chi connectivity index (χ4v) is 2.55. The van der Waals surface area contributed by atoms with Crippen molar-refractivity contribution in [3.63, 3.8) is 0 Å². The van der Waals surface area contributed by atoms with Crippen LogP contribution < -0.4 is 5.32 Å². The molecule has 1 heterocycles. The van der Waals surface area contributed by atoms with Gasteiger partial charge in [-0.15, -0.1) is 11.3 Å². The molecule has 0 bridgehead atoms. The lowest BCUT2D eigenvalue weighted by Crippen LogP contribution is -2.40. The molecule has 0 aromatic carbocycles. The number of amides is 1. The van der Waals surface area contributed by atoms with E-state index in [1.165, 1.54) is 6.08 Å². The van der Waals surface area contributed by atoms with Gasteiger partial charge in [0.2, 0.25) is 5.91 Å². The first-order valence-electron chi connectivity index (χ1n) is 5.74. The van der Waals surface area contributed by atoms with Crippen molar-refractivity contribution in [3.05, 3.63) is 28.5 Å². The van der Waals surface area contributed by atoms with Gasteiger partial charge in [-0.3, -0.25) is 4.79 Å². The summed E-state index contributed by atoms with van der Waals surface area (Å²) in [4.78, 5) is 12.6. The third-order valence-electron chi connectivity index (χ3n) is 2.43. The number of carbonyl (C=O) groups is 1. The minimum absolute atomic E-state index is 0.173. The van der Waals surface area contributed by atoms with Crippen molar-refractivity contribution in [2.75, 3.05) is 18.6 Å². The van der Waals surface area contributed by atoms with Gasteiger partial charge in [-0.25, -0.2) is 0 Å². The molecule has 1 amide bonds. The maximum absolute atomic E-state index is 11.5. The molecule has 1 rings (SSSR count). The number of thiophene rings is 1. The summed E-state index contributed by atoms with van der Waals surface area (Å²) in [5.74, 6) is 0.710. The highest BCUT2D eigenvalue weighted by molar-refractivity contribution is 7.98. The molecule has 3 nitrogen and oxygen atoms in total. The van der Waals surface area contributed by atoms with E-state index < -0.39 is 5.60 Å². The van der Waals surface area contributed by atoms with Crippen molar-refractivity contribution in [1.29, 1.82) is 0 Å². The third-order valence-corrected chi connectivity index (χ3v) is 3.88. The molecule has 5 heteroatoms. The van der Waals surface area contributed by atoms with E-state index in [4.69, 9.17) is 0 Å². The zero-order chi connectivity index (χ0) is 13.4. The van der Waals surface area contributed by atoms with Gasteiger partial charge >= 0.3 is 0 Å². The van der Waals surface area contributed by atoms with Crippen LogP contribution in [0.2, 0.25) is 0 Å². The Morgan fingerprint density at radius 3 is 3.06 bits per heavy atom. The van der Waals surface area contributed by atoms with E-state index in [1.54, 1.807) is 36.1 Å². The number of aliphatic hydroxyl groups is 1. The summed E-state index contributed by atoms with van der Waals surface area (Å²) < 4.78 is 0. The molecule has 0 spiro atoms. The van der Waals surface area contributed by atoms with E-state index in [0.29, 0.717) is 6.42 Å². The van der Waals surface area contributed by atoms with Crippen LogP contribution in [0.4, 0.5) is 0 Å². The predicted molar refractivity (Wildman–Crippen MR) is 80.0 cm³/mol. The van der Waals surface area contributed by atoms with Gasteiger partial charge in [0.05, 0.1) is 5.60 Å². The zero-order valence-electron chi connectivity index (χ0n) is 10.7. The minimum atomic E-state index is -0.838. The Labute approximate surface area is 116 Å². The smallest absolute Gasteiger partial charge is 0.244 e.